The Morgan fingerprint density at radius 3 is 2.79 bits per heavy atom. The van der Waals surface area contributed by atoms with E-state index in [4.69, 9.17) is 9.47 Å². The van der Waals surface area contributed by atoms with Gasteiger partial charge in [-0.3, -0.25) is 9.78 Å². The number of aromatic nitrogens is 2. The molecule has 0 aliphatic carbocycles. The summed E-state index contributed by atoms with van der Waals surface area (Å²) in [5, 5.41) is 0. The van der Waals surface area contributed by atoms with Gasteiger partial charge >= 0.3 is 5.69 Å². The van der Waals surface area contributed by atoms with Crippen LogP contribution in [0.15, 0.2) is 15.8 Å². The smallest absolute Gasteiger partial charge is 0.325 e. The highest BCUT2D eigenvalue weighted by Gasteiger charge is 1.99. The Morgan fingerprint density at radius 1 is 1.36 bits per heavy atom. The fourth-order valence-electron chi connectivity index (χ4n) is 0.869. The Bertz CT molecular complexity index is 381. The lowest BCUT2D eigenvalue weighted by Crippen LogP contribution is -2.25. The standard InChI is InChI=1S/C8H12N2O4/c1-13-2-3-14-5-6-4-9-8(12)10-7(6)11/h4H,2-3,5H2,1H3,(H2,9,10,11,12). The molecule has 0 radical (unpaired) electrons. The molecule has 0 aliphatic rings. The van der Waals surface area contributed by atoms with Gasteiger partial charge in [-0.25, -0.2) is 4.79 Å². The molecule has 0 bridgehead atoms. The highest BCUT2D eigenvalue weighted by atomic mass is 16.5. The van der Waals surface area contributed by atoms with E-state index in [2.05, 4.69) is 9.97 Å². The van der Waals surface area contributed by atoms with E-state index in [1.807, 2.05) is 0 Å². The van der Waals surface area contributed by atoms with Crippen LogP contribution in [0.5, 0.6) is 0 Å². The van der Waals surface area contributed by atoms with Gasteiger partial charge in [-0.1, -0.05) is 0 Å². The van der Waals surface area contributed by atoms with Gasteiger partial charge in [0.05, 0.1) is 25.4 Å². The van der Waals surface area contributed by atoms with E-state index >= 15 is 0 Å². The summed E-state index contributed by atoms with van der Waals surface area (Å²) in [5.74, 6) is 0. The average Bonchev–Trinajstić information content (AvgIpc) is 2.15. The number of methoxy groups -OCH3 is 1. The van der Waals surface area contributed by atoms with Crippen LogP contribution in [0.2, 0.25) is 0 Å². The largest absolute Gasteiger partial charge is 0.382 e. The third-order valence-electron chi connectivity index (χ3n) is 1.59. The van der Waals surface area contributed by atoms with Gasteiger partial charge in [0.1, 0.15) is 0 Å². The van der Waals surface area contributed by atoms with Crippen LogP contribution in [-0.4, -0.2) is 30.3 Å². The molecule has 1 aromatic heterocycles. The van der Waals surface area contributed by atoms with Crippen molar-refractivity contribution in [1.29, 1.82) is 0 Å². The van der Waals surface area contributed by atoms with Crippen molar-refractivity contribution in [2.45, 2.75) is 6.61 Å². The maximum absolute atomic E-state index is 11.1. The molecule has 14 heavy (non-hydrogen) atoms. The zero-order chi connectivity index (χ0) is 10.4. The van der Waals surface area contributed by atoms with Crippen LogP contribution in [0.3, 0.4) is 0 Å². The monoisotopic (exact) mass is 200 g/mol. The predicted octanol–water partition coefficient (Wildman–Crippen LogP) is -0.774. The van der Waals surface area contributed by atoms with Crippen molar-refractivity contribution < 1.29 is 9.47 Å². The van der Waals surface area contributed by atoms with Crippen LogP contribution in [-0.2, 0) is 16.1 Å². The third-order valence-corrected chi connectivity index (χ3v) is 1.59. The molecule has 6 nitrogen and oxygen atoms in total. The molecule has 1 aromatic rings. The van der Waals surface area contributed by atoms with Crippen LogP contribution < -0.4 is 11.2 Å². The summed E-state index contributed by atoms with van der Waals surface area (Å²) in [7, 11) is 1.57. The summed E-state index contributed by atoms with van der Waals surface area (Å²) in [6, 6.07) is 0. The molecule has 0 aliphatic heterocycles. The lowest BCUT2D eigenvalue weighted by Gasteiger charge is -2.01. The number of aromatic amines is 2. The number of nitrogens with one attached hydrogen (secondary N) is 2. The molecule has 0 saturated heterocycles. The van der Waals surface area contributed by atoms with E-state index in [0.29, 0.717) is 18.8 Å². The van der Waals surface area contributed by atoms with E-state index in [1.54, 1.807) is 7.11 Å². The highest BCUT2D eigenvalue weighted by Crippen LogP contribution is 1.88. The summed E-state index contributed by atoms with van der Waals surface area (Å²) in [5.41, 5.74) is -0.553. The van der Waals surface area contributed by atoms with Gasteiger partial charge in [0.25, 0.3) is 5.56 Å². The first kappa shape index (κ1) is 10.7. The molecule has 0 aromatic carbocycles. The Kier molecular flexibility index (Phi) is 4.09. The molecule has 78 valence electrons. The Hall–Kier alpha value is -1.40. The number of ether oxygens (including phenoxy) is 2. The fraction of sp³-hybridized carbons (Fsp3) is 0.500. The summed E-state index contributed by atoms with van der Waals surface area (Å²) >= 11 is 0. The normalized spacial score (nSPS) is 10.4. The van der Waals surface area contributed by atoms with Gasteiger partial charge in [0.2, 0.25) is 0 Å². The van der Waals surface area contributed by atoms with Crippen molar-refractivity contribution in [1.82, 2.24) is 9.97 Å². The second-order valence-electron chi connectivity index (χ2n) is 2.64. The lowest BCUT2D eigenvalue weighted by atomic mass is 10.4. The topological polar surface area (TPSA) is 84.2 Å². The quantitative estimate of drug-likeness (QED) is 0.611. The van der Waals surface area contributed by atoms with Gasteiger partial charge in [-0.05, 0) is 0 Å². The summed E-state index contributed by atoms with van der Waals surface area (Å²) in [4.78, 5) is 26.2. The highest BCUT2D eigenvalue weighted by molar-refractivity contribution is 5.00. The molecule has 6 heteroatoms. The molecule has 1 rings (SSSR count). The minimum absolute atomic E-state index is 0.162. The molecule has 0 amide bonds. The van der Waals surface area contributed by atoms with E-state index in [-0.39, 0.29) is 6.61 Å². The first-order valence-corrected chi connectivity index (χ1v) is 4.11. The van der Waals surface area contributed by atoms with Crippen LogP contribution in [0, 0.1) is 0 Å². The predicted molar refractivity (Wildman–Crippen MR) is 49.2 cm³/mol. The average molecular weight is 200 g/mol. The summed E-state index contributed by atoms with van der Waals surface area (Å²) < 4.78 is 9.87. The second-order valence-corrected chi connectivity index (χ2v) is 2.64. The number of hydrogen-bond donors (Lipinski definition) is 2. The van der Waals surface area contributed by atoms with E-state index in [1.165, 1.54) is 6.20 Å². The Balaban J connectivity index is 2.51. The zero-order valence-electron chi connectivity index (χ0n) is 7.83. The Labute approximate surface area is 79.9 Å². The van der Waals surface area contributed by atoms with Crippen LogP contribution in [0.4, 0.5) is 0 Å². The zero-order valence-corrected chi connectivity index (χ0v) is 7.83. The second kappa shape index (κ2) is 5.36. The maximum atomic E-state index is 11.1. The van der Waals surface area contributed by atoms with Crippen LogP contribution in [0.1, 0.15) is 5.56 Å². The third kappa shape index (κ3) is 3.15. The van der Waals surface area contributed by atoms with Gasteiger partial charge < -0.3 is 14.5 Å². The van der Waals surface area contributed by atoms with Gasteiger partial charge in [0, 0.05) is 13.3 Å². The molecule has 0 fully saturated rings. The van der Waals surface area contributed by atoms with Gasteiger partial charge in [0.15, 0.2) is 0 Å². The number of H-pyrrole nitrogens is 2. The number of hydrogen-bond acceptors (Lipinski definition) is 4. The number of rotatable bonds is 5. The van der Waals surface area contributed by atoms with E-state index in [0.717, 1.165) is 0 Å². The Morgan fingerprint density at radius 2 is 2.14 bits per heavy atom. The first-order valence-electron chi connectivity index (χ1n) is 4.11. The van der Waals surface area contributed by atoms with Gasteiger partial charge in [-0.15, -0.1) is 0 Å². The van der Waals surface area contributed by atoms with Crippen LogP contribution >= 0.6 is 0 Å². The van der Waals surface area contributed by atoms with Gasteiger partial charge in [-0.2, -0.15) is 0 Å². The minimum atomic E-state index is -0.518. The van der Waals surface area contributed by atoms with Crippen molar-refractivity contribution >= 4 is 0 Å². The van der Waals surface area contributed by atoms with Crippen molar-refractivity contribution in [2.24, 2.45) is 0 Å². The summed E-state index contributed by atoms with van der Waals surface area (Å²) in [6.07, 6.45) is 1.34. The van der Waals surface area contributed by atoms with E-state index < -0.39 is 11.2 Å². The van der Waals surface area contributed by atoms with E-state index in [9.17, 15) is 9.59 Å². The molecular formula is C8H12N2O4. The maximum Gasteiger partial charge on any atom is 0.325 e. The van der Waals surface area contributed by atoms with Crippen molar-refractivity contribution in [2.75, 3.05) is 20.3 Å². The molecule has 1 heterocycles. The first-order chi connectivity index (χ1) is 6.74. The molecule has 2 N–H and O–H groups in total. The van der Waals surface area contributed by atoms with Crippen LogP contribution in [0.25, 0.3) is 0 Å². The van der Waals surface area contributed by atoms with Crippen molar-refractivity contribution in [3.05, 3.63) is 32.6 Å². The van der Waals surface area contributed by atoms with Crippen molar-refractivity contribution in [3.8, 4) is 0 Å². The molecular weight excluding hydrogens is 188 g/mol. The summed E-state index contributed by atoms with van der Waals surface area (Å²) in [6.45, 7) is 1.05. The minimum Gasteiger partial charge on any atom is -0.382 e. The van der Waals surface area contributed by atoms with Crippen molar-refractivity contribution in [3.63, 3.8) is 0 Å². The molecule has 0 spiro atoms. The lowest BCUT2D eigenvalue weighted by molar-refractivity contribution is 0.0610. The fourth-order valence-corrected chi connectivity index (χ4v) is 0.869. The molecule has 0 atom stereocenters. The SMILES string of the molecule is COCCOCc1c[nH]c(=O)[nH]c1=O. The molecule has 0 unspecified atom stereocenters. The molecule has 0 saturated carbocycles.